The molecular formula is C26H33N3O6S. The predicted octanol–water partition coefficient (Wildman–Crippen LogP) is 4.89. The van der Waals surface area contributed by atoms with Crippen LogP contribution in [0.25, 0.3) is 11.3 Å². The monoisotopic (exact) mass is 515 g/mol. The number of nitrogens with one attached hydrogen (secondary N) is 1. The van der Waals surface area contributed by atoms with Gasteiger partial charge in [-0.05, 0) is 37.8 Å². The van der Waals surface area contributed by atoms with Gasteiger partial charge in [0.2, 0.25) is 10.0 Å². The first-order valence-electron chi connectivity index (χ1n) is 11.9. The van der Waals surface area contributed by atoms with Gasteiger partial charge in [0.05, 0.1) is 11.4 Å². The number of benzene rings is 2. The molecule has 0 saturated carbocycles. The molecule has 194 valence electrons. The average molecular weight is 516 g/mol. The Labute approximate surface area is 211 Å². The number of carbonyl (C=O) groups is 1. The third kappa shape index (κ3) is 5.99. The Morgan fingerprint density at radius 2 is 1.81 bits per heavy atom. The summed E-state index contributed by atoms with van der Waals surface area (Å²) in [5.41, 5.74) is 0.446. The van der Waals surface area contributed by atoms with Crippen molar-refractivity contribution < 1.29 is 27.8 Å². The third-order valence-corrected chi connectivity index (χ3v) is 9.17. The standard InChI is InChI=1S/C26H33N3O6S/c1-4-26(3,18-28-25(31)32)23(16-15-19-11-9-10-14-21(19)30)36(33,34)29(5-2)24-27-17-22(35-24)20-12-7-6-8-13-20/h6-14,17,23,28,30H,4-5,15-16,18H2,1-3H3,(H,31,32)/t23-,26+/m0/s1. The highest BCUT2D eigenvalue weighted by Gasteiger charge is 2.45. The quantitative estimate of drug-likeness (QED) is 0.313. The molecule has 1 amide bonds. The van der Waals surface area contributed by atoms with Crippen LogP contribution in [0.2, 0.25) is 0 Å². The van der Waals surface area contributed by atoms with E-state index in [9.17, 15) is 23.4 Å². The molecule has 2 atom stereocenters. The van der Waals surface area contributed by atoms with Gasteiger partial charge in [-0.1, -0.05) is 62.4 Å². The molecule has 0 aliphatic carbocycles. The molecule has 0 unspecified atom stereocenters. The van der Waals surface area contributed by atoms with E-state index in [-0.39, 0.29) is 37.7 Å². The van der Waals surface area contributed by atoms with Crippen LogP contribution >= 0.6 is 0 Å². The van der Waals surface area contributed by atoms with E-state index in [0.717, 1.165) is 9.87 Å². The topological polar surface area (TPSA) is 133 Å². The van der Waals surface area contributed by atoms with Gasteiger partial charge in [0, 0.05) is 24.1 Å². The number of sulfonamides is 1. The van der Waals surface area contributed by atoms with Crippen LogP contribution < -0.4 is 9.62 Å². The van der Waals surface area contributed by atoms with Crippen LogP contribution in [0.5, 0.6) is 5.75 Å². The van der Waals surface area contributed by atoms with Crippen molar-refractivity contribution in [3.05, 3.63) is 66.4 Å². The number of hydrogen-bond acceptors (Lipinski definition) is 6. The van der Waals surface area contributed by atoms with E-state index in [4.69, 9.17) is 4.42 Å². The van der Waals surface area contributed by atoms with Crippen molar-refractivity contribution in [2.45, 2.75) is 45.3 Å². The molecule has 2 aromatic carbocycles. The second-order valence-electron chi connectivity index (χ2n) is 8.91. The molecule has 3 aromatic rings. The second kappa shape index (κ2) is 11.5. The zero-order valence-electron chi connectivity index (χ0n) is 20.7. The van der Waals surface area contributed by atoms with E-state index >= 15 is 0 Å². The summed E-state index contributed by atoms with van der Waals surface area (Å²) in [5, 5.41) is 20.8. The first kappa shape index (κ1) is 27.1. The molecule has 0 fully saturated rings. The van der Waals surface area contributed by atoms with Crippen LogP contribution in [0.4, 0.5) is 10.8 Å². The summed E-state index contributed by atoms with van der Waals surface area (Å²) in [7, 11) is -4.07. The van der Waals surface area contributed by atoms with Gasteiger partial charge in [-0.3, -0.25) is 0 Å². The molecule has 1 heterocycles. The van der Waals surface area contributed by atoms with E-state index in [0.29, 0.717) is 17.7 Å². The zero-order valence-corrected chi connectivity index (χ0v) is 21.5. The zero-order chi connectivity index (χ0) is 26.3. The van der Waals surface area contributed by atoms with Crippen molar-refractivity contribution >= 4 is 22.1 Å². The van der Waals surface area contributed by atoms with Crippen LogP contribution in [-0.4, -0.2) is 48.0 Å². The Hall–Kier alpha value is -3.53. The summed E-state index contributed by atoms with van der Waals surface area (Å²) in [6.07, 6.45) is 1.12. The number of phenolic OH excluding ortho intramolecular Hbond substituents is 1. The summed E-state index contributed by atoms with van der Waals surface area (Å²) in [6, 6.07) is 16.0. The van der Waals surface area contributed by atoms with Gasteiger partial charge < -0.3 is 19.9 Å². The number of phenols is 1. The summed E-state index contributed by atoms with van der Waals surface area (Å²) in [5.74, 6) is 0.527. The number of amides is 1. The van der Waals surface area contributed by atoms with E-state index in [1.807, 2.05) is 37.3 Å². The lowest BCUT2D eigenvalue weighted by atomic mass is 9.81. The van der Waals surface area contributed by atoms with Crippen molar-refractivity contribution in [1.82, 2.24) is 10.3 Å². The third-order valence-electron chi connectivity index (χ3n) is 6.62. The van der Waals surface area contributed by atoms with Crippen molar-refractivity contribution in [2.75, 3.05) is 17.4 Å². The SMILES string of the molecule is CCN(c1ncc(-c2ccccc2)o1)S(=O)(=O)[C@@H](CCc1ccccc1O)[C@](C)(CC)CNC(=O)O. The molecule has 9 nitrogen and oxygen atoms in total. The number of nitrogens with zero attached hydrogens (tertiary/aromatic N) is 2. The molecule has 3 N–H and O–H groups in total. The predicted molar refractivity (Wildman–Crippen MR) is 139 cm³/mol. The summed E-state index contributed by atoms with van der Waals surface area (Å²) in [6.45, 7) is 5.32. The van der Waals surface area contributed by atoms with Gasteiger partial charge in [0.1, 0.15) is 5.75 Å². The fourth-order valence-corrected chi connectivity index (χ4v) is 6.66. The number of aromatic hydroxyl groups is 1. The van der Waals surface area contributed by atoms with Crippen molar-refractivity contribution in [3.63, 3.8) is 0 Å². The van der Waals surface area contributed by atoms with Crippen LogP contribution in [-0.2, 0) is 16.4 Å². The van der Waals surface area contributed by atoms with Crippen LogP contribution in [0.1, 0.15) is 39.2 Å². The number of anilines is 1. The molecule has 0 saturated heterocycles. The molecule has 10 heteroatoms. The van der Waals surface area contributed by atoms with Gasteiger partial charge in [0.15, 0.2) is 5.76 Å². The minimum Gasteiger partial charge on any atom is -0.508 e. The number of aromatic nitrogens is 1. The molecule has 0 aliphatic heterocycles. The Morgan fingerprint density at radius 1 is 1.14 bits per heavy atom. The fourth-order valence-electron chi connectivity index (χ4n) is 4.30. The number of hydrogen-bond donors (Lipinski definition) is 3. The number of rotatable bonds is 12. The maximum absolute atomic E-state index is 14.2. The number of aryl methyl sites for hydroxylation is 1. The van der Waals surface area contributed by atoms with Crippen LogP contribution in [0.15, 0.2) is 65.2 Å². The van der Waals surface area contributed by atoms with E-state index in [1.54, 1.807) is 38.1 Å². The summed E-state index contributed by atoms with van der Waals surface area (Å²) in [4.78, 5) is 15.5. The van der Waals surface area contributed by atoms with E-state index < -0.39 is 26.8 Å². The smallest absolute Gasteiger partial charge is 0.404 e. The lowest BCUT2D eigenvalue weighted by Crippen LogP contribution is -2.51. The molecule has 0 spiro atoms. The molecule has 0 bridgehead atoms. The highest BCUT2D eigenvalue weighted by Crippen LogP contribution is 2.37. The molecular weight excluding hydrogens is 482 g/mol. The highest BCUT2D eigenvalue weighted by atomic mass is 32.2. The molecule has 1 aromatic heterocycles. The van der Waals surface area contributed by atoms with Crippen LogP contribution in [0.3, 0.4) is 0 Å². The minimum absolute atomic E-state index is 0.0476. The molecule has 3 rings (SSSR count). The van der Waals surface area contributed by atoms with Gasteiger partial charge >= 0.3 is 12.1 Å². The number of para-hydroxylation sites is 1. The highest BCUT2D eigenvalue weighted by molar-refractivity contribution is 7.93. The average Bonchev–Trinajstić information content (AvgIpc) is 3.34. The van der Waals surface area contributed by atoms with Gasteiger partial charge in [0.25, 0.3) is 0 Å². The van der Waals surface area contributed by atoms with Gasteiger partial charge in [-0.15, -0.1) is 0 Å². The summed E-state index contributed by atoms with van der Waals surface area (Å²) < 4.78 is 35.3. The Morgan fingerprint density at radius 3 is 2.42 bits per heavy atom. The lowest BCUT2D eigenvalue weighted by Gasteiger charge is -2.38. The van der Waals surface area contributed by atoms with Crippen molar-refractivity contribution in [3.8, 4) is 17.1 Å². The second-order valence-corrected chi connectivity index (χ2v) is 10.9. The van der Waals surface area contributed by atoms with Crippen molar-refractivity contribution in [1.29, 1.82) is 0 Å². The first-order chi connectivity index (χ1) is 17.1. The Bertz CT molecular complexity index is 1260. The maximum Gasteiger partial charge on any atom is 0.404 e. The number of oxazole rings is 1. The largest absolute Gasteiger partial charge is 0.508 e. The number of carboxylic acid groups (broad SMARTS) is 1. The molecule has 36 heavy (non-hydrogen) atoms. The van der Waals surface area contributed by atoms with Crippen molar-refractivity contribution in [2.24, 2.45) is 5.41 Å². The Kier molecular flexibility index (Phi) is 8.62. The maximum atomic E-state index is 14.2. The van der Waals surface area contributed by atoms with E-state index in [1.165, 1.54) is 6.20 Å². The lowest BCUT2D eigenvalue weighted by molar-refractivity contribution is 0.182. The molecule has 0 radical (unpaired) electrons. The fraction of sp³-hybridized carbons (Fsp3) is 0.385. The molecule has 0 aliphatic rings. The minimum atomic E-state index is -4.07. The normalized spacial score (nSPS) is 14.1. The van der Waals surface area contributed by atoms with Crippen LogP contribution in [0, 0.1) is 5.41 Å². The van der Waals surface area contributed by atoms with E-state index in [2.05, 4.69) is 10.3 Å². The first-order valence-corrected chi connectivity index (χ1v) is 13.4. The summed E-state index contributed by atoms with van der Waals surface area (Å²) >= 11 is 0. The van der Waals surface area contributed by atoms with Gasteiger partial charge in [-0.2, -0.15) is 0 Å². The Balaban J connectivity index is 2.00. The van der Waals surface area contributed by atoms with Gasteiger partial charge in [-0.25, -0.2) is 22.5 Å².